The summed E-state index contributed by atoms with van der Waals surface area (Å²) >= 11 is 6.17. The highest BCUT2D eigenvalue weighted by Gasteiger charge is 2.61. The normalized spacial score (nSPS) is 29.4. The van der Waals surface area contributed by atoms with Gasteiger partial charge in [0.05, 0.1) is 5.03 Å². The Hall–Kier alpha value is -2.18. The number of hydrogen-bond donors (Lipinski definition) is 1. The van der Waals surface area contributed by atoms with Crippen molar-refractivity contribution in [1.29, 1.82) is 0 Å². The van der Waals surface area contributed by atoms with Crippen LogP contribution in [0.4, 0.5) is 0 Å². The van der Waals surface area contributed by atoms with Crippen molar-refractivity contribution in [3.63, 3.8) is 0 Å². The van der Waals surface area contributed by atoms with Gasteiger partial charge in [-0.2, -0.15) is 0 Å². The fraction of sp³-hybridized carbons (Fsp3) is 0.476. The topological polar surface area (TPSA) is 89.9 Å². The number of halogens is 1. The second kappa shape index (κ2) is 8.05. The first kappa shape index (κ1) is 22.1. The summed E-state index contributed by atoms with van der Waals surface area (Å²) in [5.74, 6) is -1.90. The molecule has 2 rings (SSSR count). The van der Waals surface area contributed by atoms with E-state index >= 15 is 0 Å². The third-order valence-corrected chi connectivity index (χ3v) is 5.28. The molecular formula is C21H25ClO6. The van der Waals surface area contributed by atoms with Crippen LogP contribution in [0.5, 0.6) is 0 Å². The van der Waals surface area contributed by atoms with Crippen molar-refractivity contribution in [1.82, 2.24) is 0 Å². The van der Waals surface area contributed by atoms with Gasteiger partial charge in [-0.15, -0.1) is 0 Å². The molecule has 0 aromatic carbocycles. The Morgan fingerprint density at radius 2 is 2.07 bits per heavy atom. The third kappa shape index (κ3) is 3.98. The fourth-order valence-electron chi connectivity index (χ4n) is 3.14. The first-order chi connectivity index (χ1) is 13.0. The maximum absolute atomic E-state index is 12.8. The minimum atomic E-state index is -2.19. The van der Waals surface area contributed by atoms with E-state index < -0.39 is 35.3 Å². The van der Waals surface area contributed by atoms with E-state index in [9.17, 15) is 19.5 Å². The van der Waals surface area contributed by atoms with E-state index in [-0.39, 0.29) is 10.6 Å². The molecule has 1 aliphatic carbocycles. The smallest absolute Gasteiger partial charge is 0.304 e. The molecule has 0 radical (unpaired) electrons. The van der Waals surface area contributed by atoms with Gasteiger partial charge in [-0.25, -0.2) is 0 Å². The summed E-state index contributed by atoms with van der Waals surface area (Å²) in [4.78, 5) is 36.8. The van der Waals surface area contributed by atoms with Gasteiger partial charge in [0.25, 0.3) is 0 Å². The van der Waals surface area contributed by atoms with Crippen LogP contribution < -0.4 is 0 Å². The molecule has 0 aromatic rings. The van der Waals surface area contributed by atoms with Crippen molar-refractivity contribution in [2.75, 3.05) is 6.61 Å². The van der Waals surface area contributed by atoms with Crippen molar-refractivity contribution in [2.45, 2.75) is 52.2 Å². The lowest BCUT2D eigenvalue weighted by Crippen LogP contribution is -2.64. The van der Waals surface area contributed by atoms with Gasteiger partial charge >= 0.3 is 5.97 Å². The zero-order valence-corrected chi connectivity index (χ0v) is 17.4. The number of hydrogen-bond acceptors (Lipinski definition) is 6. The summed E-state index contributed by atoms with van der Waals surface area (Å²) in [6.45, 7) is 7.91. The summed E-state index contributed by atoms with van der Waals surface area (Å²) in [6.07, 6.45) is 8.01. The predicted octanol–water partition coefficient (Wildman–Crippen LogP) is 3.15. The highest BCUT2D eigenvalue weighted by molar-refractivity contribution is 6.48. The Balaban J connectivity index is 2.43. The van der Waals surface area contributed by atoms with Crippen LogP contribution >= 0.6 is 11.6 Å². The highest BCUT2D eigenvalue weighted by atomic mass is 35.5. The number of aliphatic hydroxyl groups is 1. The molecule has 0 saturated heterocycles. The standard InChI is InChI=1S/C21H25ClO6/c1-6-12(2)9-13(3)7-8-15-10-16-17(22)18(24)20(5,28-14(4)23)19(25)21(16,26)11-27-15/h7-10,12,26H,6,11H2,1-5H3/b8-7+,13-9+/t12-,20-,21-/m0/s1. The molecule has 0 fully saturated rings. The van der Waals surface area contributed by atoms with Gasteiger partial charge in [-0.3, -0.25) is 14.4 Å². The molecule has 152 valence electrons. The maximum atomic E-state index is 12.8. The lowest BCUT2D eigenvalue weighted by atomic mass is 9.72. The molecule has 1 N–H and O–H groups in total. The van der Waals surface area contributed by atoms with Gasteiger partial charge in [0.1, 0.15) is 12.4 Å². The molecule has 7 heteroatoms. The zero-order valence-electron chi connectivity index (χ0n) is 16.7. The van der Waals surface area contributed by atoms with Crippen molar-refractivity contribution in [3.8, 4) is 0 Å². The highest BCUT2D eigenvalue weighted by Crippen LogP contribution is 2.42. The molecule has 0 bridgehead atoms. The van der Waals surface area contributed by atoms with Gasteiger partial charge in [-0.05, 0) is 31.9 Å². The minimum Gasteiger partial charge on any atom is -0.490 e. The van der Waals surface area contributed by atoms with E-state index in [4.69, 9.17) is 21.1 Å². The van der Waals surface area contributed by atoms with Gasteiger partial charge in [0, 0.05) is 12.5 Å². The molecular weight excluding hydrogens is 384 g/mol. The Morgan fingerprint density at radius 3 is 2.64 bits per heavy atom. The van der Waals surface area contributed by atoms with Crippen molar-refractivity contribution < 1.29 is 29.0 Å². The van der Waals surface area contributed by atoms with Crippen LogP contribution in [0.1, 0.15) is 41.0 Å². The van der Waals surface area contributed by atoms with Crippen LogP contribution in [-0.4, -0.2) is 40.5 Å². The molecule has 6 nitrogen and oxygen atoms in total. The Bertz CT molecular complexity index is 834. The number of carbonyl (C=O) groups excluding carboxylic acids is 3. The molecule has 1 aliphatic heterocycles. The van der Waals surface area contributed by atoms with Crippen LogP contribution in [0, 0.1) is 5.92 Å². The number of carbonyl (C=O) groups is 3. The summed E-state index contributed by atoms with van der Waals surface area (Å²) in [7, 11) is 0. The molecule has 0 unspecified atom stereocenters. The molecule has 2 aliphatic rings. The maximum Gasteiger partial charge on any atom is 0.304 e. The van der Waals surface area contributed by atoms with Gasteiger partial charge in [0.15, 0.2) is 5.60 Å². The molecule has 0 spiro atoms. The molecule has 0 amide bonds. The second-order valence-electron chi connectivity index (χ2n) is 7.34. The van der Waals surface area contributed by atoms with E-state index in [2.05, 4.69) is 19.9 Å². The first-order valence-electron chi connectivity index (χ1n) is 9.08. The van der Waals surface area contributed by atoms with E-state index in [0.717, 1.165) is 25.8 Å². The summed E-state index contributed by atoms with van der Waals surface area (Å²) in [5, 5.41) is 10.5. The molecule has 0 aromatic heterocycles. The van der Waals surface area contributed by atoms with Crippen LogP contribution in [0.3, 0.4) is 0 Å². The molecule has 1 heterocycles. The van der Waals surface area contributed by atoms with Gasteiger partial charge < -0.3 is 14.6 Å². The van der Waals surface area contributed by atoms with Crippen molar-refractivity contribution >= 4 is 29.1 Å². The number of Topliss-reactive ketones (excluding diaryl/α,β-unsaturated/α-hetero) is 2. The number of rotatable bonds is 5. The lowest BCUT2D eigenvalue weighted by Gasteiger charge is -2.41. The number of esters is 1. The average molecular weight is 409 g/mol. The summed E-state index contributed by atoms with van der Waals surface area (Å²) in [5.41, 5.74) is -3.39. The Labute approximate surface area is 169 Å². The van der Waals surface area contributed by atoms with E-state index in [0.29, 0.717) is 11.7 Å². The van der Waals surface area contributed by atoms with Crippen LogP contribution in [-0.2, 0) is 23.9 Å². The largest absolute Gasteiger partial charge is 0.490 e. The van der Waals surface area contributed by atoms with Crippen LogP contribution in [0.15, 0.2) is 46.2 Å². The fourth-order valence-corrected chi connectivity index (χ4v) is 3.53. The number of ether oxygens (including phenoxy) is 2. The Morgan fingerprint density at radius 1 is 1.43 bits per heavy atom. The number of fused-ring (bicyclic) bond motifs is 1. The summed E-state index contributed by atoms with van der Waals surface area (Å²) < 4.78 is 10.4. The number of ketones is 2. The summed E-state index contributed by atoms with van der Waals surface area (Å²) in [6, 6.07) is 0. The van der Waals surface area contributed by atoms with Gasteiger partial charge in [0.2, 0.25) is 17.2 Å². The quantitative estimate of drug-likeness (QED) is 0.427. The third-order valence-electron chi connectivity index (χ3n) is 4.91. The van der Waals surface area contributed by atoms with Crippen LogP contribution in [0.25, 0.3) is 0 Å². The van der Waals surface area contributed by atoms with E-state index in [1.165, 1.54) is 6.08 Å². The zero-order chi connectivity index (χ0) is 21.3. The van der Waals surface area contributed by atoms with E-state index in [1.54, 1.807) is 6.08 Å². The SMILES string of the molecule is CC[C@H](C)/C=C(C)/C=C/C1=CC2=C(Cl)C(=O)[C@](C)(OC(C)=O)C(=O)[C@]2(O)CO1. The van der Waals surface area contributed by atoms with E-state index in [1.807, 2.05) is 13.0 Å². The molecule has 3 atom stereocenters. The minimum absolute atomic E-state index is 0.0525. The second-order valence-corrected chi connectivity index (χ2v) is 7.72. The van der Waals surface area contributed by atoms with Crippen LogP contribution in [0.2, 0.25) is 0 Å². The predicted molar refractivity (Wildman–Crippen MR) is 104 cm³/mol. The van der Waals surface area contributed by atoms with Crippen molar-refractivity contribution in [3.05, 3.63) is 46.2 Å². The molecule has 0 saturated carbocycles. The average Bonchev–Trinajstić information content (AvgIpc) is 2.63. The molecule has 28 heavy (non-hydrogen) atoms. The monoisotopic (exact) mass is 408 g/mol. The van der Waals surface area contributed by atoms with Crippen molar-refractivity contribution in [2.24, 2.45) is 5.92 Å². The van der Waals surface area contributed by atoms with Gasteiger partial charge in [-0.1, -0.05) is 49.6 Å². The number of allylic oxidation sites excluding steroid dienone is 4. The first-order valence-corrected chi connectivity index (χ1v) is 9.46. The Kier molecular flexibility index (Phi) is 6.36. The lowest BCUT2D eigenvalue weighted by molar-refractivity contribution is -0.178.